The molecule has 9 heteroatoms. The first-order valence-corrected chi connectivity index (χ1v) is 7.13. The van der Waals surface area contributed by atoms with Crippen LogP contribution < -0.4 is 10.2 Å². The Morgan fingerprint density at radius 3 is 2.33 bits per heavy atom. The molecule has 2 rings (SSSR count). The van der Waals surface area contributed by atoms with Crippen molar-refractivity contribution >= 4 is 34.8 Å². The SMILES string of the molecule is CNc1nc(N2CCN(CC(F)(F)F)CC2)c(Cl)cc1Cl. The highest BCUT2D eigenvalue weighted by Crippen LogP contribution is 2.32. The summed E-state index contributed by atoms with van der Waals surface area (Å²) in [5.74, 6) is 1.03. The Labute approximate surface area is 130 Å². The summed E-state index contributed by atoms with van der Waals surface area (Å²) < 4.78 is 37.1. The number of nitrogens with one attached hydrogen (secondary N) is 1. The summed E-state index contributed by atoms with van der Waals surface area (Å²) >= 11 is 12.1. The second kappa shape index (κ2) is 6.46. The number of pyridine rings is 1. The maximum atomic E-state index is 12.4. The van der Waals surface area contributed by atoms with Gasteiger partial charge in [-0.05, 0) is 6.07 Å². The topological polar surface area (TPSA) is 31.4 Å². The number of hydrogen-bond acceptors (Lipinski definition) is 4. The molecule has 1 saturated heterocycles. The van der Waals surface area contributed by atoms with Crippen LogP contribution in [0.25, 0.3) is 0 Å². The van der Waals surface area contributed by atoms with Crippen LogP contribution in [0.5, 0.6) is 0 Å². The zero-order chi connectivity index (χ0) is 15.6. The van der Waals surface area contributed by atoms with Crippen molar-refractivity contribution in [1.29, 1.82) is 0 Å². The van der Waals surface area contributed by atoms with Gasteiger partial charge in [-0.25, -0.2) is 4.98 Å². The Morgan fingerprint density at radius 1 is 1.19 bits per heavy atom. The van der Waals surface area contributed by atoms with Crippen LogP contribution in [0, 0.1) is 0 Å². The van der Waals surface area contributed by atoms with Gasteiger partial charge in [-0.15, -0.1) is 0 Å². The van der Waals surface area contributed by atoms with Gasteiger partial charge in [-0.1, -0.05) is 23.2 Å². The molecule has 1 aromatic rings. The van der Waals surface area contributed by atoms with Crippen LogP contribution in [-0.2, 0) is 0 Å². The molecule has 0 amide bonds. The van der Waals surface area contributed by atoms with Gasteiger partial charge in [0.15, 0.2) is 0 Å². The van der Waals surface area contributed by atoms with Gasteiger partial charge in [0.05, 0.1) is 16.6 Å². The van der Waals surface area contributed by atoms with Crippen molar-refractivity contribution in [3.05, 3.63) is 16.1 Å². The Morgan fingerprint density at radius 2 is 1.81 bits per heavy atom. The quantitative estimate of drug-likeness (QED) is 0.914. The van der Waals surface area contributed by atoms with E-state index in [2.05, 4.69) is 10.3 Å². The lowest BCUT2D eigenvalue weighted by atomic mass is 10.3. The summed E-state index contributed by atoms with van der Waals surface area (Å²) in [7, 11) is 1.69. The molecule has 1 fully saturated rings. The average molecular weight is 343 g/mol. The fourth-order valence-corrected chi connectivity index (χ4v) is 2.80. The van der Waals surface area contributed by atoms with Gasteiger partial charge in [0.1, 0.15) is 11.6 Å². The van der Waals surface area contributed by atoms with E-state index in [-0.39, 0.29) is 0 Å². The zero-order valence-corrected chi connectivity index (χ0v) is 12.9. The first-order chi connectivity index (χ1) is 9.80. The molecule has 2 heterocycles. The van der Waals surface area contributed by atoms with E-state index in [0.717, 1.165) is 0 Å². The van der Waals surface area contributed by atoms with Gasteiger partial charge >= 0.3 is 6.18 Å². The second-order valence-corrected chi connectivity index (χ2v) is 5.57. The van der Waals surface area contributed by atoms with Gasteiger partial charge in [0.2, 0.25) is 0 Å². The van der Waals surface area contributed by atoms with E-state index in [1.807, 2.05) is 4.90 Å². The number of aromatic nitrogens is 1. The lowest BCUT2D eigenvalue weighted by molar-refractivity contribution is -0.146. The average Bonchev–Trinajstić information content (AvgIpc) is 2.38. The molecule has 1 aliphatic heterocycles. The zero-order valence-electron chi connectivity index (χ0n) is 11.3. The minimum atomic E-state index is -4.17. The Balaban J connectivity index is 2.05. The van der Waals surface area contributed by atoms with E-state index >= 15 is 0 Å². The Hall–Kier alpha value is -0.920. The number of anilines is 2. The van der Waals surface area contributed by atoms with Gasteiger partial charge in [0.25, 0.3) is 0 Å². The highest BCUT2D eigenvalue weighted by molar-refractivity contribution is 6.37. The third kappa shape index (κ3) is 4.28. The van der Waals surface area contributed by atoms with E-state index in [0.29, 0.717) is 47.9 Å². The van der Waals surface area contributed by atoms with Gasteiger partial charge in [0, 0.05) is 33.2 Å². The molecule has 1 aromatic heterocycles. The third-order valence-corrected chi connectivity index (χ3v) is 3.79. The summed E-state index contributed by atoms with van der Waals surface area (Å²) in [4.78, 5) is 7.57. The smallest absolute Gasteiger partial charge is 0.372 e. The summed E-state index contributed by atoms with van der Waals surface area (Å²) in [6, 6.07) is 1.58. The lowest BCUT2D eigenvalue weighted by Crippen LogP contribution is -2.49. The van der Waals surface area contributed by atoms with Crippen LogP contribution in [0.4, 0.5) is 24.8 Å². The molecule has 21 heavy (non-hydrogen) atoms. The fraction of sp³-hybridized carbons (Fsp3) is 0.583. The Bertz CT molecular complexity index is 502. The number of alkyl halides is 3. The molecule has 118 valence electrons. The van der Waals surface area contributed by atoms with E-state index in [9.17, 15) is 13.2 Å². The molecule has 0 unspecified atom stereocenters. The van der Waals surface area contributed by atoms with Gasteiger partial charge in [-0.3, -0.25) is 4.90 Å². The van der Waals surface area contributed by atoms with E-state index in [1.54, 1.807) is 13.1 Å². The molecular weight excluding hydrogens is 328 g/mol. The van der Waals surface area contributed by atoms with Crippen molar-refractivity contribution in [2.24, 2.45) is 0 Å². The third-order valence-electron chi connectivity index (χ3n) is 3.22. The second-order valence-electron chi connectivity index (χ2n) is 4.75. The summed E-state index contributed by atoms with van der Waals surface area (Å²) in [5, 5.41) is 3.65. The Kier molecular flexibility index (Phi) is 5.06. The van der Waals surface area contributed by atoms with Crippen LogP contribution >= 0.6 is 23.2 Å². The monoisotopic (exact) mass is 342 g/mol. The van der Waals surface area contributed by atoms with Crippen molar-refractivity contribution in [3.8, 4) is 0 Å². The first kappa shape index (κ1) is 16.5. The normalized spacial score (nSPS) is 17.1. The van der Waals surface area contributed by atoms with E-state index in [1.165, 1.54) is 4.90 Å². The van der Waals surface area contributed by atoms with Crippen LogP contribution in [0.3, 0.4) is 0 Å². The maximum Gasteiger partial charge on any atom is 0.401 e. The number of rotatable bonds is 3. The van der Waals surface area contributed by atoms with Crippen LogP contribution in [0.1, 0.15) is 0 Å². The van der Waals surface area contributed by atoms with Crippen LogP contribution in [0.15, 0.2) is 6.07 Å². The van der Waals surface area contributed by atoms with Crippen LogP contribution in [0.2, 0.25) is 10.0 Å². The number of hydrogen-bond donors (Lipinski definition) is 1. The van der Waals surface area contributed by atoms with Crippen molar-refractivity contribution in [3.63, 3.8) is 0 Å². The minimum Gasteiger partial charge on any atom is -0.372 e. The predicted molar refractivity (Wildman–Crippen MR) is 78.5 cm³/mol. The lowest BCUT2D eigenvalue weighted by Gasteiger charge is -2.36. The molecule has 1 aliphatic rings. The van der Waals surface area contributed by atoms with Gasteiger partial charge in [-0.2, -0.15) is 13.2 Å². The van der Waals surface area contributed by atoms with Crippen molar-refractivity contribution in [1.82, 2.24) is 9.88 Å². The summed E-state index contributed by atoms with van der Waals surface area (Å²) in [6.45, 7) is 0.621. The number of piperazine rings is 1. The maximum absolute atomic E-state index is 12.4. The molecule has 0 atom stereocenters. The van der Waals surface area contributed by atoms with Crippen molar-refractivity contribution in [2.45, 2.75) is 6.18 Å². The molecule has 0 aromatic carbocycles. The molecule has 0 aliphatic carbocycles. The standard InChI is InChI=1S/C12H15Cl2F3N4/c1-18-10-8(13)6-9(14)11(19-10)21-4-2-20(3-5-21)7-12(15,16)17/h6H,2-5,7H2,1H3,(H,18,19). The molecule has 0 saturated carbocycles. The van der Waals surface area contributed by atoms with Crippen molar-refractivity contribution in [2.75, 3.05) is 50.0 Å². The number of halogens is 5. The highest BCUT2D eigenvalue weighted by Gasteiger charge is 2.32. The minimum absolute atomic E-state index is 0.315. The molecular formula is C12H15Cl2F3N4. The molecule has 1 N–H and O–H groups in total. The number of nitrogens with zero attached hydrogens (tertiary/aromatic N) is 3. The molecule has 0 bridgehead atoms. The summed E-state index contributed by atoms with van der Waals surface area (Å²) in [5.41, 5.74) is 0. The highest BCUT2D eigenvalue weighted by atomic mass is 35.5. The molecule has 0 radical (unpaired) electrons. The first-order valence-electron chi connectivity index (χ1n) is 6.38. The van der Waals surface area contributed by atoms with E-state index in [4.69, 9.17) is 23.2 Å². The largest absolute Gasteiger partial charge is 0.401 e. The molecule has 0 spiro atoms. The van der Waals surface area contributed by atoms with E-state index < -0.39 is 12.7 Å². The fourth-order valence-electron chi connectivity index (χ4n) is 2.23. The predicted octanol–water partition coefficient (Wildman–Crippen LogP) is 3.11. The van der Waals surface area contributed by atoms with Crippen molar-refractivity contribution < 1.29 is 13.2 Å². The van der Waals surface area contributed by atoms with Gasteiger partial charge < -0.3 is 10.2 Å². The summed E-state index contributed by atoms with van der Waals surface area (Å²) in [6.07, 6.45) is -4.17. The molecule has 4 nitrogen and oxygen atoms in total. The van der Waals surface area contributed by atoms with Crippen LogP contribution in [-0.4, -0.2) is 55.8 Å².